The monoisotopic (exact) mass is 189 g/mol. The lowest BCUT2D eigenvalue weighted by atomic mass is 10.6. The number of aromatic nitrogens is 7. The highest BCUT2D eigenvalue weighted by molar-refractivity contribution is 5.66. The molecule has 0 aromatic carbocycles. The molecule has 0 aliphatic heterocycles. The summed E-state index contributed by atoms with van der Waals surface area (Å²) in [7, 11) is 0. The van der Waals surface area contributed by atoms with Crippen LogP contribution in [0.4, 0.5) is 0 Å². The molecule has 0 spiro atoms. The number of fused-ring (bicyclic) bond motifs is 1. The highest BCUT2D eigenvalue weighted by Crippen LogP contribution is 1.96. The van der Waals surface area contributed by atoms with Gasteiger partial charge in [0.15, 0.2) is 0 Å². The lowest BCUT2D eigenvalue weighted by Gasteiger charge is -1.77. The maximum Gasteiger partial charge on any atom is 0.204 e. The van der Waals surface area contributed by atoms with Crippen molar-refractivity contribution in [2.75, 3.05) is 0 Å². The number of H-pyrrole nitrogens is 2. The molecule has 3 heterocycles. The molecule has 0 aliphatic carbocycles. The number of nitrogens with zero attached hydrogens (tertiary/aromatic N) is 5. The van der Waals surface area contributed by atoms with Crippen LogP contribution in [-0.2, 0) is 0 Å². The van der Waals surface area contributed by atoms with Gasteiger partial charge in [-0.25, -0.2) is 9.97 Å². The molecule has 0 atom stereocenters. The maximum atomic E-state index is 3.83. The summed E-state index contributed by atoms with van der Waals surface area (Å²) >= 11 is 0. The highest BCUT2D eigenvalue weighted by atomic mass is 15.3. The van der Waals surface area contributed by atoms with Gasteiger partial charge in [0, 0.05) is 12.4 Å². The summed E-state index contributed by atoms with van der Waals surface area (Å²) in [4.78, 5) is 7.58. The highest BCUT2D eigenvalue weighted by Gasteiger charge is 1.93. The van der Waals surface area contributed by atoms with Crippen LogP contribution in [0.3, 0.4) is 0 Å². The van der Waals surface area contributed by atoms with Gasteiger partial charge < -0.3 is 0 Å². The molecule has 2 N–H and O–H groups in total. The Labute approximate surface area is 78.6 Å². The Bertz CT molecular complexity index is 424. The van der Waals surface area contributed by atoms with Crippen molar-refractivity contribution in [3.05, 3.63) is 31.0 Å². The summed E-state index contributed by atoms with van der Waals surface area (Å²) in [6.07, 6.45) is 6.50. The van der Waals surface area contributed by atoms with E-state index in [1.54, 1.807) is 18.6 Å². The van der Waals surface area contributed by atoms with Crippen LogP contribution < -0.4 is 0 Å². The molecule has 0 fully saturated rings. The molecule has 0 saturated heterocycles. The number of nitrogens with one attached hydrogen (secondary N) is 2. The zero-order valence-electron chi connectivity index (χ0n) is 7.12. The van der Waals surface area contributed by atoms with Crippen LogP contribution >= 0.6 is 0 Å². The molecule has 70 valence electrons. The van der Waals surface area contributed by atoms with Crippen LogP contribution in [0.1, 0.15) is 0 Å². The molecule has 3 aromatic rings. The molecule has 3 aromatic heterocycles. The Morgan fingerprint density at radius 3 is 2.86 bits per heavy atom. The molecule has 7 heteroatoms. The Balaban J connectivity index is 0.000000128. The Morgan fingerprint density at radius 2 is 2.21 bits per heavy atom. The minimum absolute atomic E-state index is 0.602. The van der Waals surface area contributed by atoms with Gasteiger partial charge in [-0.15, -0.1) is 5.10 Å². The summed E-state index contributed by atoms with van der Waals surface area (Å²) in [5.41, 5.74) is 1.29. The van der Waals surface area contributed by atoms with Crippen molar-refractivity contribution in [1.29, 1.82) is 0 Å². The third-order valence-electron chi connectivity index (χ3n) is 1.40. The zero-order valence-corrected chi connectivity index (χ0v) is 7.12. The van der Waals surface area contributed by atoms with Crippen LogP contribution in [0.5, 0.6) is 0 Å². The van der Waals surface area contributed by atoms with Crippen LogP contribution in [-0.4, -0.2) is 35.6 Å². The van der Waals surface area contributed by atoms with Gasteiger partial charge in [0.25, 0.3) is 0 Å². The van der Waals surface area contributed by atoms with E-state index < -0.39 is 0 Å². The van der Waals surface area contributed by atoms with Crippen molar-refractivity contribution in [2.45, 2.75) is 0 Å². The molecular formula is C7H7N7. The van der Waals surface area contributed by atoms with E-state index in [4.69, 9.17) is 0 Å². The molecule has 14 heavy (non-hydrogen) atoms. The fourth-order valence-corrected chi connectivity index (χ4v) is 0.822. The maximum absolute atomic E-state index is 3.83. The predicted molar refractivity (Wildman–Crippen MR) is 48.1 cm³/mol. The number of hydrogen-bond acceptors (Lipinski definition) is 5. The topological polar surface area (TPSA) is 96.0 Å². The molecular weight excluding hydrogens is 182 g/mol. The summed E-state index contributed by atoms with van der Waals surface area (Å²) in [6.45, 7) is 0. The van der Waals surface area contributed by atoms with E-state index in [9.17, 15) is 0 Å². The van der Waals surface area contributed by atoms with Crippen LogP contribution in [0.2, 0.25) is 0 Å². The number of hydrogen-bond donors (Lipinski definition) is 2. The molecule has 0 unspecified atom stereocenters. The Morgan fingerprint density at radius 1 is 1.21 bits per heavy atom. The first kappa shape index (κ1) is 8.30. The van der Waals surface area contributed by atoms with Gasteiger partial charge in [-0.2, -0.15) is 15.4 Å². The van der Waals surface area contributed by atoms with Gasteiger partial charge in [0.2, 0.25) is 5.65 Å². The SMILES string of the molecule is c1cn[nH]c1.c1ncc2n[nH]nc2n1. The largest absolute Gasteiger partial charge is 0.286 e. The number of aromatic amines is 2. The van der Waals surface area contributed by atoms with Gasteiger partial charge in [0.1, 0.15) is 11.8 Å². The van der Waals surface area contributed by atoms with E-state index in [0.29, 0.717) is 11.2 Å². The summed E-state index contributed by atoms with van der Waals surface area (Å²) in [6, 6.07) is 1.83. The van der Waals surface area contributed by atoms with Crippen molar-refractivity contribution in [3.8, 4) is 0 Å². The predicted octanol–water partition coefficient (Wildman–Crippen LogP) is 0.158. The molecule has 0 amide bonds. The van der Waals surface area contributed by atoms with Gasteiger partial charge in [-0.3, -0.25) is 5.10 Å². The lowest BCUT2D eigenvalue weighted by Crippen LogP contribution is -1.76. The summed E-state index contributed by atoms with van der Waals surface area (Å²) in [5.74, 6) is 0. The lowest BCUT2D eigenvalue weighted by molar-refractivity contribution is 0.954. The summed E-state index contributed by atoms with van der Waals surface area (Å²) < 4.78 is 0. The molecule has 3 rings (SSSR count). The second-order valence-electron chi connectivity index (χ2n) is 2.32. The standard InChI is InChI=1S/C4H3N5.C3H4N2/c1-3-4(6-2-5-1)8-9-7-3;1-2-4-5-3-1/h1-2H,(H,5,6,7,8,9);1-3H,(H,4,5). The quantitative estimate of drug-likeness (QED) is 0.525. The molecule has 0 aliphatic rings. The van der Waals surface area contributed by atoms with E-state index in [-0.39, 0.29) is 0 Å². The molecule has 0 saturated carbocycles. The summed E-state index contributed by atoms with van der Waals surface area (Å²) in [5, 5.41) is 16.1. The van der Waals surface area contributed by atoms with E-state index >= 15 is 0 Å². The fourth-order valence-electron chi connectivity index (χ4n) is 0.822. The third kappa shape index (κ3) is 1.89. The minimum Gasteiger partial charge on any atom is -0.286 e. The van der Waals surface area contributed by atoms with Gasteiger partial charge in [-0.05, 0) is 6.07 Å². The van der Waals surface area contributed by atoms with Crippen molar-refractivity contribution in [2.24, 2.45) is 0 Å². The van der Waals surface area contributed by atoms with Crippen LogP contribution in [0.25, 0.3) is 11.2 Å². The van der Waals surface area contributed by atoms with Crippen molar-refractivity contribution >= 4 is 11.2 Å². The molecule has 0 radical (unpaired) electrons. The molecule has 7 nitrogen and oxygen atoms in total. The van der Waals surface area contributed by atoms with Gasteiger partial charge in [0.05, 0.1) is 6.20 Å². The first-order chi connectivity index (χ1) is 6.97. The number of rotatable bonds is 0. The minimum atomic E-state index is 0.602. The van der Waals surface area contributed by atoms with E-state index in [2.05, 4.69) is 35.6 Å². The van der Waals surface area contributed by atoms with Crippen LogP contribution in [0, 0.1) is 0 Å². The fraction of sp³-hybridized carbons (Fsp3) is 0. The second kappa shape index (κ2) is 4.08. The van der Waals surface area contributed by atoms with Gasteiger partial charge >= 0.3 is 0 Å². The first-order valence-corrected chi connectivity index (χ1v) is 3.87. The van der Waals surface area contributed by atoms with E-state index in [1.807, 2.05) is 6.07 Å². The van der Waals surface area contributed by atoms with Crippen molar-refractivity contribution in [1.82, 2.24) is 35.6 Å². The van der Waals surface area contributed by atoms with Crippen LogP contribution in [0.15, 0.2) is 31.0 Å². The average Bonchev–Trinajstić information content (AvgIpc) is 2.92. The third-order valence-corrected chi connectivity index (χ3v) is 1.40. The van der Waals surface area contributed by atoms with Gasteiger partial charge in [-0.1, -0.05) is 0 Å². The van der Waals surface area contributed by atoms with E-state index in [0.717, 1.165) is 0 Å². The molecule has 0 bridgehead atoms. The second-order valence-corrected chi connectivity index (χ2v) is 2.32. The first-order valence-electron chi connectivity index (χ1n) is 3.87. The average molecular weight is 189 g/mol. The normalized spacial score (nSPS) is 9.43. The zero-order chi connectivity index (χ0) is 9.64. The van der Waals surface area contributed by atoms with E-state index in [1.165, 1.54) is 6.33 Å². The van der Waals surface area contributed by atoms with Crippen molar-refractivity contribution < 1.29 is 0 Å². The Hall–Kier alpha value is -2.31. The smallest absolute Gasteiger partial charge is 0.204 e. The van der Waals surface area contributed by atoms with Crippen molar-refractivity contribution in [3.63, 3.8) is 0 Å². The Kier molecular flexibility index (Phi) is 2.42.